The van der Waals surface area contributed by atoms with Gasteiger partial charge in [-0.2, -0.15) is 0 Å². The molecule has 0 aliphatic heterocycles. The van der Waals surface area contributed by atoms with E-state index in [1.54, 1.807) is 6.92 Å². The third kappa shape index (κ3) is 5.14. The van der Waals surface area contributed by atoms with Gasteiger partial charge in [0.15, 0.2) is 0 Å². The van der Waals surface area contributed by atoms with Gasteiger partial charge in [0, 0.05) is 17.6 Å². The second-order valence-electron chi connectivity index (χ2n) is 4.17. The molecule has 0 spiro atoms. The van der Waals surface area contributed by atoms with Crippen LogP contribution in [-0.2, 0) is 11.3 Å². The molecule has 0 bridgehead atoms. The molecule has 0 saturated carbocycles. The van der Waals surface area contributed by atoms with Gasteiger partial charge in [-0.1, -0.05) is 22.9 Å². The molecular formula is C13H18BrFN2O. The third-order valence-corrected chi connectivity index (χ3v) is 2.94. The van der Waals surface area contributed by atoms with Crippen LogP contribution in [0, 0.1) is 5.82 Å². The molecule has 1 aromatic rings. The van der Waals surface area contributed by atoms with Crippen molar-refractivity contribution in [3.8, 4) is 0 Å². The number of amides is 1. The van der Waals surface area contributed by atoms with E-state index in [0.717, 1.165) is 12.0 Å². The van der Waals surface area contributed by atoms with E-state index in [-0.39, 0.29) is 17.8 Å². The average Bonchev–Trinajstić information content (AvgIpc) is 2.31. The van der Waals surface area contributed by atoms with E-state index in [1.165, 1.54) is 12.1 Å². The molecule has 100 valence electrons. The van der Waals surface area contributed by atoms with Crippen molar-refractivity contribution in [3.63, 3.8) is 0 Å². The molecule has 18 heavy (non-hydrogen) atoms. The molecule has 0 radical (unpaired) electrons. The Morgan fingerprint density at radius 3 is 2.78 bits per heavy atom. The molecule has 0 aliphatic carbocycles. The van der Waals surface area contributed by atoms with Gasteiger partial charge in [-0.3, -0.25) is 4.79 Å². The topological polar surface area (TPSA) is 41.1 Å². The summed E-state index contributed by atoms with van der Waals surface area (Å²) in [4.78, 5) is 11.6. The maximum absolute atomic E-state index is 13.1. The maximum Gasteiger partial charge on any atom is 0.236 e. The molecule has 5 heteroatoms. The second-order valence-corrected chi connectivity index (χ2v) is 5.09. The Bertz CT molecular complexity index is 392. The molecule has 1 aromatic carbocycles. The number of nitrogens with one attached hydrogen (secondary N) is 2. The van der Waals surface area contributed by atoms with Crippen molar-refractivity contribution in [1.82, 2.24) is 10.6 Å². The molecule has 2 N–H and O–H groups in total. The summed E-state index contributed by atoms with van der Waals surface area (Å²) >= 11 is 3.24. The molecule has 0 heterocycles. The average molecular weight is 317 g/mol. The Morgan fingerprint density at radius 2 is 2.17 bits per heavy atom. The summed E-state index contributed by atoms with van der Waals surface area (Å²) < 4.78 is 13.8. The van der Waals surface area contributed by atoms with E-state index in [1.807, 2.05) is 13.0 Å². The van der Waals surface area contributed by atoms with Crippen molar-refractivity contribution in [2.45, 2.75) is 32.9 Å². The van der Waals surface area contributed by atoms with Gasteiger partial charge < -0.3 is 10.6 Å². The summed E-state index contributed by atoms with van der Waals surface area (Å²) in [6.07, 6.45) is 0.912. The SMILES string of the molecule is CCCNC(=O)C(C)NCc1cc(F)cc(Br)c1. The number of halogens is 2. The Balaban J connectivity index is 2.46. The van der Waals surface area contributed by atoms with Gasteiger partial charge >= 0.3 is 0 Å². The van der Waals surface area contributed by atoms with Gasteiger partial charge in [-0.15, -0.1) is 0 Å². The Labute approximate surface area is 115 Å². The highest BCUT2D eigenvalue weighted by Crippen LogP contribution is 2.14. The first-order chi connectivity index (χ1) is 8.52. The molecule has 1 unspecified atom stereocenters. The normalized spacial score (nSPS) is 12.2. The zero-order chi connectivity index (χ0) is 13.5. The van der Waals surface area contributed by atoms with Gasteiger partial charge in [0.25, 0.3) is 0 Å². The first-order valence-corrected chi connectivity index (χ1v) is 6.78. The van der Waals surface area contributed by atoms with Crippen LogP contribution in [0.25, 0.3) is 0 Å². The zero-order valence-corrected chi connectivity index (χ0v) is 12.2. The second kappa shape index (κ2) is 7.48. The molecule has 3 nitrogen and oxygen atoms in total. The van der Waals surface area contributed by atoms with E-state index >= 15 is 0 Å². The van der Waals surface area contributed by atoms with Gasteiger partial charge in [0.2, 0.25) is 5.91 Å². The summed E-state index contributed by atoms with van der Waals surface area (Å²) in [5, 5.41) is 5.87. The first-order valence-electron chi connectivity index (χ1n) is 5.99. The van der Waals surface area contributed by atoms with Gasteiger partial charge in [0.05, 0.1) is 6.04 Å². The lowest BCUT2D eigenvalue weighted by molar-refractivity contribution is -0.122. The Kier molecular flexibility index (Phi) is 6.29. The maximum atomic E-state index is 13.1. The predicted molar refractivity (Wildman–Crippen MR) is 73.7 cm³/mol. The van der Waals surface area contributed by atoms with Gasteiger partial charge in [-0.05, 0) is 37.1 Å². The Morgan fingerprint density at radius 1 is 1.44 bits per heavy atom. The minimum atomic E-state index is -0.293. The molecule has 0 fully saturated rings. The van der Waals surface area contributed by atoms with Crippen LogP contribution < -0.4 is 10.6 Å². The van der Waals surface area contributed by atoms with Crippen molar-refractivity contribution < 1.29 is 9.18 Å². The van der Waals surface area contributed by atoms with Gasteiger partial charge in [-0.25, -0.2) is 4.39 Å². The number of hydrogen-bond donors (Lipinski definition) is 2. The molecule has 0 saturated heterocycles. The van der Waals surface area contributed by atoms with Crippen LogP contribution in [0.3, 0.4) is 0 Å². The lowest BCUT2D eigenvalue weighted by atomic mass is 10.2. The number of benzene rings is 1. The summed E-state index contributed by atoms with van der Waals surface area (Å²) in [6, 6.07) is 4.39. The van der Waals surface area contributed by atoms with Crippen LogP contribution in [0.2, 0.25) is 0 Å². The summed E-state index contributed by atoms with van der Waals surface area (Å²) in [5.74, 6) is -0.323. The van der Waals surface area contributed by atoms with Crippen LogP contribution in [0.4, 0.5) is 4.39 Å². The van der Waals surface area contributed by atoms with Crippen LogP contribution in [0.5, 0.6) is 0 Å². The largest absolute Gasteiger partial charge is 0.355 e. The number of carbonyl (C=O) groups is 1. The quantitative estimate of drug-likeness (QED) is 0.847. The van der Waals surface area contributed by atoms with E-state index < -0.39 is 0 Å². The number of rotatable bonds is 6. The minimum Gasteiger partial charge on any atom is -0.355 e. The van der Waals surface area contributed by atoms with Crippen molar-refractivity contribution in [2.75, 3.05) is 6.54 Å². The monoisotopic (exact) mass is 316 g/mol. The molecule has 1 amide bonds. The van der Waals surface area contributed by atoms with E-state index in [0.29, 0.717) is 17.6 Å². The fourth-order valence-corrected chi connectivity index (χ4v) is 1.99. The molecule has 1 atom stereocenters. The zero-order valence-electron chi connectivity index (χ0n) is 10.6. The van der Waals surface area contributed by atoms with E-state index in [9.17, 15) is 9.18 Å². The fraction of sp³-hybridized carbons (Fsp3) is 0.462. The lowest BCUT2D eigenvalue weighted by Gasteiger charge is -2.14. The van der Waals surface area contributed by atoms with Crippen molar-refractivity contribution in [1.29, 1.82) is 0 Å². The molecule has 0 aromatic heterocycles. The van der Waals surface area contributed by atoms with Crippen molar-refractivity contribution in [3.05, 3.63) is 34.1 Å². The van der Waals surface area contributed by atoms with Gasteiger partial charge in [0.1, 0.15) is 5.82 Å². The van der Waals surface area contributed by atoms with E-state index in [4.69, 9.17) is 0 Å². The summed E-state index contributed by atoms with van der Waals surface area (Å²) in [5.41, 5.74) is 0.803. The summed E-state index contributed by atoms with van der Waals surface area (Å²) in [6.45, 7) is 4.93. The van der Waals surface area contributed by atoms with Crippen LogP contribution in [0.15, 0.2) is 22.7 Å². The van der Waals surface area contributed by atoms with Crippen LogP contribution >= 0.6 is 15.9 Å². The smallest absolute Gasteiger partial charge is 0.236 e. The highest BCUT2D eigenvalue weighted by Gasteiger charge is 2.11. The third-order valence-electron chi connectivity index (χ3n) is 2.48. The Hall–Kier alpha value is -0.940. The highest BCUT2D eigenvalue weighted by atomic mass is 79.9. The van der Waals surface area contributed by atoms with E-state index in [2.05, 4.69) is 26.6 Å². The van der Waals surface area contributed by atoms with Crippen LogP contribution in [-0.4, -0.2) is 18.5 Å². The standard InChI is InChI=1S/C13H18BrFN2O/c1-3-4-16-13(18)9(2)17-8-10-5-11(14)7-12(15)6-10/h5-7,9,17H,3-4,8H2,1-2H3,(H,16,18). The van der Waals surface area contributed by atoms with Crippen molar-refractivity contribution >= 4 is 21.8 Å². The van der Waals surface area contributed by atoms with Crippen molar-refractivity contribution in [2.24, 2.45) is 0 Å². The lowest BCUT2D eigenvalue weighted by Crippen LogP contribution is -2.42. The van der Waals surface area contributed by atoms with Crippen LogP contribution in [0.1, 0.15) is 25.8 Å². The highest BCUT2D eigenvalue weighted by molar-refractivity contribution is 9.10. The number of hydrogen-bond acceptors (Lipinski definition) is 2. The first kappa shape index (κ1) is 15.1. The molecule has 0 aliphatic rings. The molecule has 1 rings (SSSR count). The number of carbonyl (C=O) groups excluding carboxylic acids is 1. The minimum absolute atomic E-state index is 0.0349. The predicted octanol–water partition coefficient (Wildman–Crippen LogP) is 2.59. The summed E-state index contributed by atoms with van der Waals surface area (Å²) in [7, 11) is 0. The molecular weight excluding hydrogens is 299 g/mol. The fourth-order valence-electron chi connectivity index (χ4n) is 1.48.